The number of hydrogen-bond acceptors (Lipinski definition) is 6. The van der Waals surface area contributed by atoms with Gasteiger partial charge in [0.05, 0.1) is 12.2 Å². The lowest BCUT2D eigenvalue weighted by atomic mass is 10.2. The quantitative estimate of drug-likeness (QED) is 0.261. The number of rotatable bonds is 12. The molecule has 35 heavy (non-hydrogen) atoms. The van der Waals surface area contributed by atoms with Crippen LogP contribution >= 0.6 is 11.8 Å². The molecule has 2 aromatic carbocycles. The van der Waals surface area contributed by atoms with Crippen molar-refractivity contribution in [3.63, 3.8) is 0 Å². The van der Waals surface area contributed by atoms with Crippen LogP contribution < -0.4 is 27.2 Å². The van der Waals surface area contributed by atoms with Crippen molar-refractivity contribution in [2.24, 2.45) is 0 Å². The molecule has 0 aliphatic rings. The molecule has 0 aliphatic heterocycles. The number of aromatic nitrogens is 2. The predicted octanol–water partition coefficient (Wildman–Crippen LogP) is 3.84. The van der Waals surface area contributed by atoms with Gasteiger partial charge < -0.3 is 16.0 Å². The van der Waals surface area contributed by atoms with Gasteiger partial charge in [-0.2, -0.15) is 0 Å². The summed E-state index contributed by atoms with van der Waals surface area (Å²) in [6, 6.07) is 17.0. The number of unbranched alkanes of at least 4 members (excludes halogenated alkanes) is 1. The van der Waals surface area contributed by atoms with Crippen molar-refractivity contribution < 1.29 is 4.79 Å². The Morgan fingerprint density at radius 3 is 2.60 bits per heavy atom. The number of nitrogens with two attached hydrogens (primary N) is 1. The number of aromatic amines is 1. The van der Waals surface area contributed by atoms with Crippen molar-refractivity contribution in [1.29, 1.82) is 0 Å². The van der Waals surface area contributed by atoms with Crippen molar-refractivity contribution >= 4 is 34.9 Å². The number of hydrogen-bond donors (Lipinski definition) is 3. The highest BCUT2D eigenvalue weighted by Gasteiger charge is 2.22. The molecule has 0 spiro atoms. The third-order valence-corrected chi connectivity index (χ3v) is 6.40. The molecule has 4 N–H and O–H groups in total. The topological polar surface area (TPSA) is 113 Å². The minimum absolute atomic E-state index is 0.0536. The second-order valence-electron chi connectivity index (χ2n) is 7.98. The Kier molecular flexibility index (Phi) is 9.37. The summed E-state index contributed by atoms with van der Waals surface area (Å²) in [5, 5.41) is 2.95. The highest BCUT2D eigenvalue weighted by molar-refractivity contribution is 7.99. The Morgan fingerprint density at radius 1 is 1.17 bits per heavy atom. The first-order valence-corrected chi connectivity index (χ1v) is 12.5. The highest BCUT2D eigenvalue weighted by Crippen LogP contribution is 2.27. The second-order valence-corrected chi connectivity index (χ2v) is 9.05. The van der Waals surface area contributed by atoms with Crippen molar-refractivity contribution in [2.75, 3.05) is 28.2 Å². The van der Waals surface area contributed by atoms with Gasteiger partial charge >= 0.3 is 5.69 Å². The Balaban J connectivity index is 1.95. The van der Waals surface area contributed by atoms with Crippen molar-refractivity contribution in [2.45, 2.75) is 37.8 Å². The molecular formula is C26H31N5O3S. The average molecular weight is 494 g/mol. The van der Waals surface area contributed by atoms with Crippen LogP contribution in [-0.4, -0.2) is 27.8 Å². The summed E-state index contributed by atoms with van der Waals surface area (Å²) in [7, 11) is 0. The number of para-hydroxylation sites is 1. The maximum atomic E-state index is 13.2. The zero-order valence-corrected chi connectivity index (χ0v) is 20.6. The molecule has 1 amide bonds. The monoisotopic (exact) mass is 493 g/mol. The van der Waals surface area contributed by atoms with Crippen molar-refractivity contribution in [3.05, 3.63) is 93.7 Å². The maximum Gasteiger partial charge on any atom is 0.330 e. The number of nitrogen functional groups attached to an aromatic ring is 1. The normalized spacial score (nSPS) is 10.7. The van der Waals surface area contributed by atoms with Gasteiger partial charge in [0, 0.05) is 23.7 Å². The zero-order valence-electron chi connectivity index (χ0n) is 19.8. The number of carbonyl (C=O) groups is 1. The van der Waals surface area contributed by atoms with Crippen LogP contribution in [0.5, 0.6) is 0 Å². The predicted molar refractivity (Wildman–Crippen MR) is 144 cm³/mol. The number of thioether (sulfide) groups is 1. The van der Waals surface area contributed by atoms with Crippen LogP contribution in [0.3, 0.4) is 0 Å². The molecule has 0 bridgehead atoms. The number of nitrogens with zero attached hydrogens (tertiary/aromatic N) is 2. The smallest absolute Gasteiger partial charge is 0.330 e. The summed E-state index contributed by atoms with van der Waals surface area (Å²) in [6.45, 7) is 6.26. The van der Waals surface area contributed by atoms with Crippen LogP contribution in [0.4, 0.5) is 17.2 Å². The first-order valence-electron chi connectivity index (χ1n) is 11.5. The van der Waals surface area contributed by atoms with Gasteiger partial charge in [-0.3, -0.25) is 19.1 Å². The van der Waals surface area contributed by atoms with Gasteiger partial charge in [0.15, 0.2) is 0 Å². The van der Waals surface area contributed by atoms with E-state index in [2.05, 4.69) is 16.9 Å². The summed E-state index contributed by atoms with van der Waals surface area (Å²) in [5.41, 5.74) is 6.85. The van der Waals surface area contributed by atoms with Crippen LogP contribution in [0, 0.1) is 0 Å². The van der Waals surface area contributed by atoms with E-state index in [1.54, 1.807) is 22.7 Å². The fourth-order valence-corrected chi connectivity index (χ4v) is 4.39. The Labute approximate surface area is 208 Å². The first kappa shape index (κ1) is 25.9. The van der Waals surface area contributed by atoms with Crippen LogP contribution in [0.15, 0.2) is 81.7 Å². The Hall–Kier alpha value is -3.72. The molecule has 0 atom stereocenters. The molecule has 8 nitrogen and oxygen atoms in total. The van der Waals surface area contributed by atoms with E-state index in [0.717, 1.165) is 23.3 Å². The fraction of sp³-hybridized carbons (Fsp3) is 0.269. The van der Waals surface area contributed by atoms with E-state index in [9.17, 15) is 14.4 Å². The number of amides is 1. The summed E-state index contributed by atoms with van der Waals surface area (Å²) in [5.74, 6) is 0.452. The fourth-order valence-electron chi connectivity index (χ4n) is 3.65. The summed E-state index contributed by atoms with van der Waals surface area (Å²) in [4.78, 5) is 43.4. The van der Waals surface area contributed by atoms with E-state index in [1.807, 2.05) is 61.5 Å². The number of benzene rings is 2. The summed E-state index contributed by atoms with van der Waals surface area (Å²) >= 11 is 1.56. The minimum atomic E-state index is -0.620. The second kappa shape index (κ2) is 12.7. The van der Waals surface area contributed by atoms with Gasteiger partial charge in [0.1, 0.15) is 11.5 Å². The highest BCUT2D eigenvalue weighted by atomic mass is 32.2. The Morgan fingerprint density at radius 2 is 1.89 bits per heavy atom. The van der Waals surface area contributed by atoms with Crippen LogP contribution in [0.2, 0.25) is 0 Å². The molecule has 0 saturated carbocycles. The number of anilines is 3. The molecule has 3 aromatic rings. The lowest BCUT2D eigenvalue weighted by Crippen LogP contribution is -2.41. The molecule has 1 heterocycles. The number of H-pyrrole nitrogens is 1. The van der Waals surface area contributed by atoms with E-state index < -0.39 is 11.2 Å². The maximum absolute atomic E-state index is 13.2. The molecule has 9 heteroatoms. The van der Waals surface area contributed by atoms with E-state index in [4.69, 9.17) is 5.73 Å². The Bertz CT molecular complexity index is 1270. The van der Waals surface area contributed by atoms with Crippen LogP contribution in [0.1, 0.15) is 25.3 Å². The molecule has 0 fully saturated rings. The molecule has 0 radical (unpaired) electrons. The molecule has 1 aromatic heterocycles. The average Bonchev–Trinajstić information content (AvgIpc) is 2.83. The largest absolute Gasteiger partial charge is 0.383 e. The third-order valence-electron chi connectivity index (χ3n) is 5.33. The number of nitrogens with one attached hydrogen (secondary N) is 2. The van der Waals surface area contributed by atoms with Gasteiger partial charge in [0.25, 0.3) is 5.56 Å². The molecular weight excluding hydrogens is 462 g/mol. The molecule has 0 aliphatic carbocycles. The SMILES string of the molecule is C=CCSc1ccccc1NC(=O)CN(Cc1ccccc1)c1c(N)n(CCCC)c(=O)[nH]c1=O. The van der Waals surface area contributed by atoms with E-state index >= 15 is 0 Å². The van der Waals surface area contributed by atoms with Crippen LogP contribution in [0.25, 0.3) is 0 Å². The van der Waals surface area contributed by atoms with Crippen molar-refractivity contribution in [3.8, 4) is 0 Å². The van der Waals surface area contributed by atoms with Crippen LogP contribution in [-0.2, 0) is 17.9 Å². The zero-order chi connectivity index (χ0) is 25.2. The first-order chi connectivity index (χ1) is 16.9. The van der Waals surface area contributed by atoms with Gasteiger partial charge in [-0.05, 0) is 24.1 Å². The standard InChI is InChI=1S/C26H31N5O3S/c1-3-5-15-31-24(27)23(25(33)29-26(31)34)30(17-19-11-7-6-8-12-19)18-22(32)28-20-13-9-10-14-21(20)35-16-4-2/h4,6-14H,2-3,5,15-18,27H2,1H3,(H,28,32)(H,29,33,34). The van der Waals surface area contributed by atoms with Gasteiger partial charge in [-0.15, -0.1) is 18.3 Å². The molecule has 3 rings (SSSR count). The lowest BCUT2D eigenvalue weighted by molar-refractivity contribution is -0.115. The minimum Gasteiger partial charge on any atom is -0.383 e. The van der Waals surface area contributed by atoms with Crippen molar-refractivity contribution in [1.82, 2.24) is 9.55 Å². The van der Waals surface area contributed by atoms with E-state index in [0.29, 0.717) is 18.0 Å². The van der Waals surface area contributed by atoms with Gasteiger partial charge in [-0.1, -0.05) is 61.9 Å². The van der Waals surface area contributed by atoms with E-state index in [-0.39, 0.29) is 30.5 Å². The molecule has 0 saturated heterocycles. The van der Waals surface area contributed by atoms with Gasteiger partial charge in [0.2, 0.25) is 5.91 Å². The summed E-state index contributed by atoms with van der Waals surface area (Å²) < 4.78 is 1.36. The number of carbonyl (C=O) groups excluding carboxylic acids is 1. The van der Waals surface area contributed by atoms with E-state index in [1.165, 1.54) is 4.57 Å². The summed E-state index contributed by atoms with van der Waals surface area (Å²) in [6.07, 6.45) is 3.39. The van der Waals surface area contributed by atoms with Gasteiger partial charge in [-0.25, -0.2) is 4.79 Å². The lowest BCUT2D eigenvalue weighted by Gasteiger charge is -2.26. The third kappa shape index (κ3) is 6.89. The molecule has 0 unspecified atom stereocenters. The molecule has 184 valence electrons.